The Labute approximate surface area is 39.9 Å². The van der Waals surface area contributed by atoms with Crippen molar-refractivity contribution in [3.05, 3.63) is 0 Å². The molecule has 2 N–H and O–H groups in total. The van der Waals surface area contributed by atoms with Gasteiger partial charge in [-0.25, -0.2) is 0 Å². The van der Waals surface area contributed by atoms with E-state index in [4.69, 9.17) is 10.7 Å². The minimum Gasteiger partial charge on any atom is -0.264 e. The molecular weight excluding hydrogens is 117 g/mol. The van der Waals surface area contributed by atoms with Crippen LogP contribution in [-0.2, 0) is 0 Å². The highest BCUT2D eigenvalue weighted by molar-refractivity contribution is 8.19. The van der Waals surface area contributed by atoms with Crippen LogP contribution in [0.25, 0.3) is 0 Å². The molecule has 0 saturated heterocycles. The molecule has 0 saturated carbocycles. The first kappa shape index (κ1) is 8.86. The molecule has 0 amide bonds. The van der Waals surface area contributed by atoms with Gasteiger partial charge in [-0.15, -0.1) is 12.4 Å². The third kappa shape index (κ3) is 13.0. The highest BCUT2D eigenvalue weighted by Gasteiger charge is 1.36. The zero-order chi connectivity index (χ0) is 2.71. The molecule has 0 atom stereocenters. The van der Waals surface area contributed by atoms with E-state index in [9.17, 15) is 0 Å². The SMILES string of the molecule is Cl.NSCl. The first-order valence-electron chi connectivity index (χ1n) is 0.390. The topological polar surface area (TPSA) is 26.0 Å². The van der Waals surface area contributed by atoms with Crippen molar-refractivity contribution in [1.82, 2.24) is 0 Å². The third-order valence-electron chi connectivity index (χ3n) is 0. The lowest BCUT2D eigenvalue weighted by Crippen LogP contribution is -1.58. The second-order valence-electron chi connectivity index (χ2n) is 0.0891. The molecule has 0 fully saturated rings. The van der Waals surface area contributed by atoms with Crippen LogP contribution in [0.3, 0.4) is 0 Å². The zero-order valence-corrected chi connectivity index (χ0v) is 4.16. The summed E-state index contributed by atoms with van der Waals surface area (Å²) in [5, 5.41) is 4.53. The lowest BCUT2D eigenvalue weighted by Gasteiger charge is -1.48. The fourth-order valence-corrected chi connectivity index (χ4v) is 0. The van der Waals surface area contributed by atoms with E-state index in [2.05, 4.69) is 5.14 Å². The normalized spacial score (nSPS) is 4.50. The predicted molar refractivity (Wildman–Crippen MR) is 24.9 cm³/mol. The summed E-state index contributed by atoms with van der Waals surface area (Å²) in [7, 11) is 4.69. The number of nitrogens with two attached hydrogens (primary N) is 1. The Balaban J connectivity index is 0. The van der Waals surface area contributed by atoms with Gasteiger partial charge in [0.25, 0.3) is 0 Å². The quantitative estimate of drug-likeness (QED) is 0.485. The van der Waals surface area contributed by atoms with Crippen LogP contribution in [0.2, 0.25) is 0 Å². The number of halogens is 2. The maximum absolute atomic E-state index is 4.69. The van der Waals surface area contributed by atoms with Crippen LogP contribution in [-0.4, -0.2) is 0 Å². The van der Waals surface area contributed by atoms with Crippen LogP contribution in [0.15, 0.2) is 0 Å². The van der Waals surface area contributed by atoms with Gasteiger partial charge in [-0.2, -0.15) is 0 Å². The number of rotatable bonds is 0. The second-order valence-corrected chi connectivity index (χ2v) is 0.802. The molecule has 0 heterocycles. The van der Waals surface area contributed by atoms with Crippen LogP contribution in [0.4, 0.5) is 0 Å². The lowest BCUT2D eigenvalue weighted by atomic mass is 14.0. The van der Waals surface area contributed by atoms with Gasteiger partial charge in [-0.3, -0.25) is 5.14 Å². The van der Waals surface area contributed by atoms with Gasteiger partial charge in [0.1, 0.15) is 0 Å². The molecule has 0 aromatic carbocycles. The van der Waals surface area contributed by atoms with E-state index in [1.54, 1.807) is 0 Å². The largest absolute Gasteiger partial charge is 0.264 e. The molecule has 1 nitrogen and oxygen atoms in total. The van der Waals surface area contributed by atoms with E-state index >= 15 is 0 Å². The molecule has 0 aliphatic carbocycles. The molecule has 28 valence electrons. The lowest BCUT2D eigenvalue weighted by molar-refractivity contribution is 2.07. The summed E-state index contributed by atoms with van der Waals surface area (Å²) in [4.78, 5) is 0. The Morgan fingerprint density at radius 1 is 1.75 bits per heavy atom. The fraction of sp³-hybridized carbons (Fsp3) is 0. The van der Waals surface area contributed by atoms with Crippen molar-refractivity contribution in [3.8, 4) is 0 Å². The molecule has 4 heavy (non-hydrogen) atoms. The van der Waals surface area contributed by atoms with E-state index in [0.29, 0.717) is 0 Å². The monoisotopic (exact) mass is 119 g/mol. The minimum absolute atomic E-state index is 0. The fourth-order valence-electron chi connectivity index (χ4n) is 0. The zero-order valence-electron chi connectivity index (χ0n) is 1.77. The Kier molecular flexibility index (Phi) is 20.1. The highest BCUT2D eigenvalue weighted by Crippen LogP contribution is 1.85. The Morgan fingerprint density at radius 3 is 1.75 bits per heavy atom. The van der Waals surface area contributed by atoms with Gasteiger partial charge >= 0.3 is 0 Å². The van der Waals surface area contributed by atoms with Crippen LogP contribution < -0.4 is 5.14 Å². The molecule has 0 radical (unpaired) electrons. The predicted octanol–water partition coefficient (Wildman–Crippen LogP) is 1.17. The minimum atomic E-state index is 0. The Bertz CT molecular complexity index is 6.00. The number of hydrogen-bond acceptors (Lipinski definition) is 2. The van der Waals surface area contributed by atoms with Gasteiger partial charge in [0.15, 0.2) is 0 Å². The maximum atomic E-state index is 4.69. The second kappa shape index (κ2) is 9.10. The standard InChI is InChI=1S/ClH2NS.ClH/c1-3-2;/h2H2;1H. The molecule has 0 spiro atoms. The molecule has 0 bridgehead atoms. The Hall–Kier alpha value is 0.890. The molecule has 0 unspecified atom stereocenters. The first-order chi connectivity index (χ1) is 1.41. The Morgan fingerprint density at radius 2 is 1.75 bits per heavy atom. The molecule has 0 rings (SSSR count). The van der Waals surface area contributed by atoms with E-state index in [1.807, 2.05) is 0 Å². The van der Waals surface area contributed by atoms with Gasteiger partial charge < -0.3 is 0 Å². The van der Waals surface area contributed by atoms with Gasteiger partial charge in [0.2, 0.25) is 0 Å². The third-order valence-corrected chi connectivity index (χ3v) is 0. The molecule has 0 aromatic rings. The average molecular weight is 120 g/mol. The molecule has 4 heteroatoms. The smallest absolute Gasteiger partial charge is 0.0248 e. The molecule has 0 aliphatic rings. The summed E-state index contributed by atoms with van der Waals surface area (Å²) in [5.41, 5.74) is 0. The van der Waals surface area contributed by atoms with Crippen LogP contribution in [0, 0.1) is 0 Å². The van der Waals surface area contributed by atoms with E-state index < -0.39 is 0 Å². The summed E-state index contributed by atoms with van der Waals surface area (Å²) in [6.07, 6.45) is 0. The van der Waals surface area contributed by atoms with Crippen molar-refractivity contribution >= 4 is 34.3 Å². The van der Waals surface area contributed by atoms with Crippen molar-refractivity contribution in [3.63, 3.8) is 0 Å². The number of hydrogen-bond donors (Lipinski definition) is 1. The van der Waals surface area contributed by atoms with E-state index in [-0.39, 0.29) is 12.4 Å². The van der Waals surface area contributed by atoms with E-state index in [0.717, 1.165) is 11.2 Å². The summed E-state index contributed by atoms with van der Waals surface area (Å²) < 4.78 is 0. The summed E-state index contributed by atoms with van der Waals surface area (Å²) in [5.74, 6) is 0. The van der Waals surface area contributed by atoms with Crippen molar-refractivity contribution < 1.29 is 0 Å². The van der Waals surface area contributed by atoms with Gasteiger partial charge in [0, 0.05) is 11.2 Å². The van der Waals surface area contributed by atoms with Gasteiger partial charge in [0.05, 0.1) is 0 Å². The maximum Gasteiger partial charge on any atom is 0.0248 e. The van der Waals surface area contributed by atoms with Crippen LogP contribution >= 0.6 is 34.3 Å². The van der Waals surface area contributed by atoms with Crippen LogP contribution in [0.1, 0.15) is 0 Å². The van der Waals surface area contributed by atoms with Crippen molar-refractivity contribution in [1.29, 1.82) is 0 Å². The first-order valence-corrected chi connectivity index (χ1v) is 2.10. The highest BCUT2D eigenvalue weighted by atomic mass is 35.7. The summed E-state index contributed by atoms with van der Waals surface area (Å²) in [6, 6.07) is 0. The average Bonchev–Trinajstić information content (AvgIpc) is 0.918. The van der Waals surface area contributed by atoms with Gasteiger partial charge in [-0.1, -0.05) is 0 Å². The van der Waals surface area contributed by atoms with Gasteiger partial charge in [-0.05, 0) is 10.7 Å². The molecular formula is H3Cl2NS. The van der Waals surface area contributed by atoms with E-state index in [1.165, 1.54) is 0 Å². The molecule has 0 aliphatic heterocycles. The summed E-state index contributed by atoms with van der Waals surface area (Å²) >= 11 is 0.722. The molecule has 0 aromatic heterocycles. The van der Waals surface area contributed by atoms with Crippen molar-refractivity contribution in [2.75, 3.05) is 0 Å². The van der Waals surface area contributed by atoms with Crippen molar-refractivity contribution in [2.45, 2.75) is 0 Å². The van der Waals surface area contributed by atoms with Crippen molar-refractivity contribution in [2.24, 2.45) is 5.14 Å². The van der Waals surface area contributed by atoms with Crippen LogP contribution in [0.5, 0.6) is 0 Å². The summed E-state index contributed by atoms with van der Waals surface area (Å²) in [6.45, 7) is 0.